The number of rotatable bonds is 4. The van der Waals surface area contributed by atoms with Crippen molar-refractivity contribution in [1.82, 2.24) is 4.98 Å². The largest absolute Gasteiger partial charge is 0.321 e. The van der Waals surface area contributed by atoms with Gasteiger partial charge >= 0.3 is 0 Å². The number of aromatic nitrogens is 1. The van der Waals surface area contributed by atoms with Gasteiger partial charge in [0.05, 0.1) is 20.2 Å². The molecule has 0 aliphatic carbocycles. The first-order valence-electron chi connectivity index (χ1n) is 10.1. The van der Waals surface area contributed by atoms with Gasteiger partial charge < -0.3 is 5.32 Å². The Morgan fingerprint density at radius 3 is 2.50 bits per heavy atom. The number of benzene rings is 2. The highest BCUT2D eigenvalue weighted by molar-refractivity contribution is 7.93. The van der Waals surface area contributed by atoms with Gasteiger partial charge in [-0.2, -0.15) is 4.36 Å². The van der Waals surface area contributed by atoms with Gasteiger partial charge in [-0.05, 0) is 47.8 Å². The quantitative estimate of drug-likeness (QED) is 0.408. The average molecular weight is 486 g/mol. The summed E-state index contributed by atoms with van der Waals surface area (Å²) in [6, 6.07) is 21.0. The van der Waals surface area contributed by atoms with Crippen molar-refractivity contribution >= 4 is 38.6 Å². The summed E-state index contributed by atoms with van der Waals surface area (Å²) in [7, 11) is -2.88. The molecular weight excluding hydrogens is 466 g/mol. The monoisotopic (exact) mass is 485 g/mol. The van der Waals surface area contributed by atoms with Gasteiger partial charge in [0.15, 0.2) is 0 Å². The third kappa shape index (κ3) is 5.84. The molecular formula is C26H19N3O3S2. The van der Waals surface area contributed by atoms with E-state index in [1.807, 2.05) is 17.5 Å². The minimum atomic E-state index is -2.88. The molecule has 4 aromatic rings. The summed E-state index contributed by atoms with van der Waals surface area (Å²) in [5, 5.41) is 4.69. The predicted octanol–water partition coefficient (Wildman–Crippen LogP) is 5.09. The van der Waals surface area contributed by atoms with Crippen LogP contribution in [0, 0.1) is 11.8 Å². The van der Waals surface area contributed by atoms with E-state index in [1.54, 1.807) is 60.7 Å². The standard InChI is InChI=1S/C26H19N3O3S2/c1-34(32,23-9-3-2-4-10-23)29-25(30)21-15-20(17-27-18-21)13-12-19-7-5-8-22(16-19)28-26(31)24-11-6-14-33-24/h2-11,14-18H,1H3,(H,28,31)/t34-/m0/s1. The molecule has 0 fully saturated rings. The van der Waals surface area contributed by atoms with Crippen LogP contribution in [0.1, 0.15) is 31.2 Å². The zero-order valence-electron chi connectivity index (χ0n) is 18.1. The lowest BCUT2D eigenvalue weighted by atomic mass is 10.1. The summed E-state index contributed by atoms with van der Waals surface area (Å²) in [6.07, 6.45) is 4.34. The van der Waals surface area contributed by atoms with Crippen molar-refractivity contribution in [1.29, 1.82) is 0 Å². The number of amides is 2. The van der Waals surface area contributed by atoms with Gasteiger partial charge in [-0.25, -0.2) is 4.21 Å². The molecule has 0 aliphatic heterocycles. The zero-order chi connectivity index (χ0) is 24.0. The number of nitrogens with one attached hydrogen (secondary N) is 1. The number of pyridine rings is 1. The fraction of sp³-hybridized carbons (Fsp3) is 0.0385. The Labute approximate surface area is 201 Å². The Bertz CT molecular complexity index is 1530. The van der Waals surface area contributed by atoms with Gasteiger partial charge in [0.25, 0.3) is 11.8 Å². The van der Waals surface area contributed by atoms with Crippen LogP contribution in [-0.2, 0) is 9.73 Å². The molecule has 2 heterocycles. The second-order valence-corrected chi connectivity index (χ2v) is 10.4. The van der Waals surface area contributed by atoms with Crippen LogP contribution < -0.4 is 5.32 Å². The molecule has 0 spiro atoms. The Hall–Kier alpha value is -4.06. The van der Waals surface area contributed by atoms with Gasteiger partial charge in [-0.3, -0.25) is 14.6 Å². The molecule has 0 saturated heterocycles. The molecule has 6 nitrogen and oxygen atoms in total. The second kappa shape index (κ2) is 10.3. The SMILES string of the molecule is C[S@@](=O)(=NC(=O)c1cncc(C#Cc2cccc(NC(=O)c3cccs3)c2)c1)c1ccccc1. The van der Waals surface area contributed by atoms with E-state index in [0.29, 0.717) is 26.6 Å². The number of hydrogen-bond donors (Lipinski definition) is 1. The first-order chi connectivity index (χ1) is 16.4. The fourth-order valence-electron chi connectivity index (χ4n) is 2.98. The highest BCUT2D eigenvalue weighted by atomic mass is 32.2. The molecule has 2 aromatic heterocycles. The van der Waals surface area contributed by atoms with Crippen molar-refractivity contribution in [3.8, 4) is 11.8 Å². The van der Waals surface area contributed by atoms with Crippen LogP contribution in [-0.4, -0.2) is 27.3 Å². The van der Waals surface area contributed by atoms with Crippen molar-refractivity contribution in [2.45, 2.75) is 4.90 Å². The molecule has 1 N–H and O–H groups in total. The van der Waals surface area contributed by atoms with E-state index in [9.17, 15) is 13.8 Å². The molecule has 0 saturated carbocycles. The van der Waals surface area contributed by atoms with Crippen molar-refractivity contribution in [3.05, 3.63) is 112 Å². The summed E-state index contributed by atoms with van der Waals surface area (Å²) >= 11 is 1.37. The smallest absolute Gasteiger partial charge is 0.286 e. The van der Waals surface area contributed by atoms with Crippen molar-refractivity contribution in [2.24, 2.45) is 4.36 Å². The molecule has 4 rings (SSSR count). The zero-order valence-corrected chi connectivity index (χ0v) is 19.7. The number of thiophene rings is 1. The molecule has 0 unspecified atom stereocenters. The Morgan fingerprint density at radius 1 is 0.941 bits per heavy atom. The number of nitrogens with zero attached hydrogens (tertiary/aromatic N) is 2. The van der Waals surface area contributed by atoms with E-state index in [1.165, 1.54) is 30.0 Å². The maximum Gasteiger partial charge on any atom is 0.286 e. The van der Waals surface area contributed by atoms with Crippen molar-refractivity contribution in [3.63, 3.8) is 0 Å². The van der Waals surface area contributed by atoms with Gasteiger partial charge in [0, 0.05) is 40.4 Å². The Balaban J connectivity index is 1.52. The van der Waals surface area contributed by atoms with E-state index in [-0.39, 0.29) is 11.5 Å². The van der Waals surface area contributed by atoms with Crippen LogP contribution in [0.5, 0.6) is 0 Å². The van der Waals surface area contributed by atoms with E-state index in [0.717, 1.165) is 0 Å². The number of anilines is 1. The van der Waals surface area contributed by atoms with E-state index in [2.05, 4.69) is 26.5 Å². The summed E-state index contributed by atoms with van der Waals surface area (Å²) < 4.78 is 16.8. The van der Waals surface area contributed by atoms with Crippen molar-refractivity contribution < 1.29 is 13.8 Å². The number of carbonyl (C=O) groups is 2. The van der Waals surface area contributed by atoms with Crippen LogP contribution in [0.15, 0.2) is 99.8 Å². The molecule has 2 aromatic carbocycles. The Kier molecular flexibility index (Phi) is 6.97. The minimum Gasteiger partial charge on any atom is -0.321 e. The van der Waals surface area contributed by atoms with Crippen LogP contribution >= 0.6 is 11.3 Å². The van der Waals surface area contributed by atoms with Gasteiger partial charge in [-0.15, -0.1) is 11.3 Å². The third-order valence-electron chi connectivity index (χ3n) is 4.64. The predicted molar refractivity (Wildman–Crippen MR) is 134 cm³/mol. The van der Waals surface area contributed by atoms with E-state index >= 15 is 0 Å². The maximum absolute atomic E-state index is 12.9. The van der Waals surface area contributed by atoms with E-state index < -0.39 is 15.6 Å². The normalized spacial score (nSPS) is 12.0. The van der Waals surface area contributed by atoms with Crippen molar-refractivity contribution in [2.75, 3.05) is 11.6 Å². The van der Waals surface area contributed by atoms with Crippen LogP contribution in [0.3, 0.4) is 0 Å². The highest BCUT2D eigenvalue weighted by Crippen LogP contribution is 2.15. The molecule has 8 heteroatoms. The topological polar surface area (TPSA) is 88.5 Å². The number of hydrogen-bond acceptors (Lipinski definition) is 5. The molecule has 0 bridgehead atoms. The lowest BCUT2D eigenvalue weighted by molar-refractivity contribution is 0.100. The van der Waals surface area contributed by atoms with Gasteiger partial charge in [-0.1, -0.05) is 42.2 Å². The van der Waals surface area contributed by atoms with Crippen LogP contribution in [0.2, 0.25) is 0 Å². The third-order valence-corrected chi connectivity index (χ3v) is 7.17. The minimum absolute atomic E-state index is 0.178. The summed E-state index contributed by atoms with van der Waals surface area (Å²) in [6.45, 7) is 0. The fourth-order valence-corrected chi connectivity index (χ4v) is 4.79. The number of carbonyl (C=O) groups excluding carboxylic acids is 2. The second-order valence-electron chi connectivity index (χ2n) is 7.24. The molecule has 0 radical (unpaired) electrons. The van der Waals surface area contributed by atoms with Gasteiger partial charge in [0.2, 0.25) is 0 Å². The molecule has 0 aliphatic rings. The van der Waals surface area contributed by atoms with Crippen LogP contribution in [0.4, 0.5) is 5.69 Å². The summed E-state index contributed by atoms with van der Waals surface area (Å²) in [4.78, 5) is 30.1. The Morgan fingerprint density at radius 2 is 1.74 bits per heavy atom. The lowest BCUT2D eigenvalue weighted by Crippen LogP contribution is -2.09. The van der Waals surface area contributed by atoms with E-state index in [4.69, 9.17) is 0 Å². The lowest BCUT2D eigenvalue weighted by Gasteiger charge is -2.04. The highest BCUT2D eigenvalue weighted by Gasteiger charge is 2.12. The average Bonchev–Trinajstić information content (AvgIpc) is 3.39. The maximum atomic E-state index is 12.9. The molecule has 34 heavy (non-hydrogen) atoms. The van der Waals surface area contributed by atoms with Crippen LogP contribution in [0.25, 0.3) is 0 Å². The first kappa shape index (κ1) is 23.1. The first-order valence-corrected chi connectivity index (χ1v) is 12.9. The molecule has 2 amide bonds. The molecule has 168 valence electrons. The summed E-state index contributed by atoms with van der Waals surface area (Å²) in [5.74, 6) is 5.18. The van der Waals surface area contributed by atoms with Gasteiger partial charge in [0.1, 0.15) is 0 Å². The molecule has 1 atom stereocenters. The summed E-state index contributed by atoms with van der Waals surface area (Å²) in [5.41, 5.74) is 2.03.